The van der Waals surface area contributed by atoms with Crippen LogP contribution in [0.25, 0.3) is 0 Å². The Bertz CT molecular complexity index is 272. The lowest BCUT2D eigenvalue weighted by Gasteiger charge is -2.16. The summed E-state index contributed by atoms with van der Waals surface area (Å²) in [4.78, 5) is 0. The first-order chi connectivity index (χ1) is 5.79. The van der Waals surface area contributed by atoms with Gasteiger partial charge >= 0.3 is 10.2 Å². The molecule has 78 valence electrons. The summed E-state index contributed by atoms with van der Waals surface area (Å²) in [6.45, 7) is 3.79. The summed E-state index contributed by atoms with van der Waals surface area (Å²) < 4.78 is 43.0. The van der Waals surface area contributed by atoms with E-state index in [1.807, 2.05) is 0 Å². The van der Waals surface area contributed by atoms with Crippen molar-refractivity contribution in [2.45, 2.75) is 32.2 Å². The minimum atomic E-state index is -4.38. The van der Waals surface area contributed by atoms with Gasteiger partial charge in [0.2, 0.25) is 0 Å². The van der Waals surface area contributed by atoms with E-state index in [1.165, 1.54) is 0 Å². The molecule has 0 aromatic heterocycles. The molecule has 0 radical (unpaired) electrons. The third kappa shape index (κ3) is 4.02. The molecule has 6 heteroatoms. The van der Waals surface area contributed by atoms with Crippen molar-refractivity contribution < 1.29 is 21.8 Å². The standard InChI is InChI=1S/C7H13FO4S/c1-7(2)11-5-6(12-7)3-4-13(8,9)10/h6H,3-5H2,1-2H3. The molecule has 0 aromatic carbocycles. The number of halogens is 1. The predicted molar refractivity (Wildman–Crippen MR) is 44.4 cm³/mol. The van der Waals surface area contributed by atoms with Crippen LogP contribution in [0.4, 0.5) is 3.89 Å². The second-order valence-corrected chi connectivity index (χ2v) is 4.97. The SMILES string of the molecule is CC1(C)OCC(CCS(=O)(=O)F)O1. The molecule has 13 heavy (non-hydrogen) atoms. The quantitative estimate of drug-likeness (QED) is 0.650. The van der Waals surface area contributed by atoms with Crippen molar-refractivity contribution in [3.05, 3.63) is 0 Å². The lowest BCUT2D eigenvalue weighted by molar-refractivity contribution is -0.138. The normalized spacial score (nSPS) is 27.8. The maximum atomic E-state index is 12.1. The van der Waals surface area contributed by atoms with Crippen molar-refractivity contribution in [1.82, 2.24) is 0 Å². The number of rotatable bonds is 3. The summed E-state index contributed by atoms with van der Waals surface area (Å²) in [5.74, 6) is -1.18. The fourth-order valence-corrected chi connectivity index (χ4v) is 1.72. The molecule has 0 aliphatic carbocycles. The molecule has 0 aromatic rings. The summed E-state index contributed by atoms with van der Waals surface area (Å²) in [6, 6.07) is 0. The van der Waals surface area contributed by atoms with E-state index in [2.05, 4.69) is 0 Å². The molecule has 0 N–H and O–H groups in total. The smallest absolute Gasteiger partial charge is 0.302 e. The van der Waals surface area contributed by atoms with E-state index in [9.17, 15) is 12.3 Å². The third-order valence-electron chi connectivity index (χ3n) is 1.75. The Balaban J connectivity index is 2.34. The van der Waals surface area contributed by atoms with Gasteiger partial charge in [-0.25, -0.2) is 0 Å². The van der Waals surface area contributed by atoms with Gasteiger partial charge < -0.3 is 9.47 Å². The molecule has 1 saturated heterocycles. The minimum absolute atomic E-state index is 0.141. The van der Waals surface area contributed by atoms with E-state index in [-0.39, 0.29) is 12.5 Å². The van der Waals surface area contributed by atoms with Crippen LogP contribution in [0.3, 0.4) is 0 Å². The van der Waals surface area contributed by atoms with Crippen LogP contribution in [-0.4, -0.2) is 32.7 Å². The van der Waals surface area contributed by atoms with Crippen molar-refractivity contribution >= 4 is 10.2 Å². The van der Waals surface area contributed by atoms with Crippen molar-refractivity contribution in [2.24, 2.45) is 0 Å². The molecular weight excluding hydrogens is 199 g/mol. The Morgan fingerprint density at radius 2 is 2.15 bits per heavy atom. The zero-order valence-electron chi connectivity index (χ0n) is 7.62. The van der Waals surface area contributed by atoms with Gasteiger partial charge in [-0.3, -0.25) is 0 Å². The summed E-state index contributed by atoms with van der Waals surface area (Å²) in [5.41, 5.74) is 0. The average Bonchev–Trinajstić information content (AvgIpc) is 2.24. The number of hydrogen-bond donors (Lipinski definition) is 0. The van der Waals surface area contributed by atoms with Crippen LogP contribution in [0, 0.1) is 0 Å². The van der Waals surface area contributed by atoms with Crippen molar-refractivity contribution in [3.8, 4) is 0 Å². The summed E-state index contributed by atoms with van der Waals surface area (Å²) in [7, 11) is -4.38. The van der Waals surface area contributed by atoms with E-state index in [4.69, 9.17) is 9.47 Å². The molecule has 1 aliphatic rings. The Kier molecular flexibility index (Phi) is 2.94. The largest absolute Gasteiger partial charge is 0.348 e. The maximum absolute atomic E-state index is 12.1. The zero-order valence-corrected chi connectivity index (χ0v) is 8.43. The Hall–Kier alpha value is -0.200. The van der Waals surface area contributed by atoms with Gasteiger partial charge in [0.1, 0.15) is 0 Å². The van der Waals surface area contributed by atoms with Gasteiger partial charge in [-0.05, 0) is 20.3 Å². The van der Waals surface area contributed by atoms with Gasteiger partial charge in [-0.1, -0.05) is 0 Å². The zero-order chi connectivity index (χ0) is 10.1. The molecule has 0 saturated carbocycles. The first-order valence-electron chi connectivity index (χ1n) is 4.03. The van der Waals surface area contributed by atoms with E-state index >= 15 is 0 Å². The molecule has 0 spiro atoms. The van der Waals surface area contributed by atoms with Crippen LogP contribution < -0.4 is 0 Å². The lowest BCUT2D eigenvalue weighted by Crippen LogP contribution is -2.22. The monoisotopic (exact) mass is 212 g/mol. The first-order valence-corrected chi connectivity index (χ1v) is 5.58. The third-order valence-corrected chi connectivity index (χ3v) is 2.47. The molecule has 1 rings (SSSR count). The molecule has 4 nitrogen and oxygen atoms in total. The van der Waals surface area contributed by atoms with Crippen LogP contribution >= 0.6 is 0 Å². The molecular formula is C7H13FO4S. The number of hydrogen-bond acceptors (Lipinski definition) is 4. The fourth-order valence-electron chi connectivity index (χ4n) is 1.18. The Morgan fingerprint density at radius 1 is 1.54 bits per heavy atom. The highest BCUT2D eigenvalue weighted by Crippen LogP contribution is 2.24. The molecule has 0 bridgehead atoms. The van der Waals surface area contributed by atoms with Crippen molar-refractivity contribution in [1.29, 1.82) is 0 Å². The second kappa shape index (κ2) is 3.51. The van der Waals surface area contributed by atoms with Crippen molar-refractivity contribution in [2.75, 3.05) is 12.4 Å². The van der Waals surface area contributed by atoms with E-state index < -0.39 is 21.8 Å². The van der Waals surface area contributed by atoms with Crippen LogP contribution in [0.2, 0.25) is 0 Å². The van der Waals surface area contributed by atoms with Gasteiger partial charge in [0.15, 0.2) is 5.79 Å². The van der Waals surface area contributed by atoms with E-state index in [0.717, 1.165) is 0 Å². The van der Waals surface area contributed by atoms with E-state index in [1.54, 1.807) is 13.8 Å². The Labute approximate surface area is 77.2 Å². The highest BCUT2D eigenvalue weighted by Gasteiger charge is 2.33. The first kappa shape index (κ1) is 10.9. The summed E-state index contributed by atoms with van der Waals surface area (Å²) >= 11 is 0. The van der Waals surface area contributed by atoms with E-state index in [0.29, 0.717) is 6.61 Å². The van der Waals surface area contributed by atoms with Gasteiger partial charge in [0.05, 0.1) is 18.5 Å². The molecule has 1 unspecified atom stereocenters. The molecule has 1 aliphatic heterocycles. The van der Waals surface area contributed by atoms with Crippen molar-refractivity contribution in [3.63, 3.8) is 0 Å². The highest BCUT2D eigenvalue weighted by molar-refractivity contribution is 7.86. The highest BCUT2D eigenvalue weighted by atomic mass is 32.3. The molecule has 1 atom stereocenters. The van der Waals surface area contributed by atoms with Gasteiger partial charge in [-0.2, -0.15) is 8.42 Å². The molecule has 1 fully saturated rings. The average molecular weight is 212 g/mol. The number of ether oxygens (including phenoxy) is 2. The maximum Gasteiger partial charge on any atom is 0.302 e. The van der Waals surface area contributed by atoms with Gasteiger partial charge in [-0.15, -0.1) is 3.89 Å². The topological polar surface area (TPSA) is 52.6 Å². The van der Waals surface area contributed by atoms with Gasteiger partial charge in [0, 0.05) is 0 Å². The van der Waals surface area contributed by atoms with Crippen LogP contribution in [0.5, 0.6) is 0 Å². The Morgan fingerprint density at radius 3 is 2.54 bits per heavy atom. The fraction of sp³-hybridized carbons (Fsp3) is 1.00. The summed E-state index contributed by atoms with van der Waals surface area (Å²) in [5, 5.41) is 0. The van der Waals surface area contributed by atoms with Crippen LogP contribution in [0.1, 0.15) is 20.3 Å². The summed E-state index contributed by atoms with van der Waals surface area (Å²) in [6.07, 6.45) is -0.178. The molecule has 1 heterocycles. The lowest BCUT2D eigenvalue weighted by atomic mass is 10.3. The van der Waals surface area contributed by atoms with Crippen LogP contribution in [0.15, 0.2) is 0 Å². The predicted octanol–water partition coefficient (Wildman–Crippen LogP) is 0.827. The minimum Gasteiger partial charge on any atom is -0.348 e. The second-order valence-electron chi connectivity index (χ2n) is 3.48. The van der Waals surface area contributed by atoms with Crippen LogP contribution in [-0.2, 0) is 19.7 Å². The molecule has 0 amide bonds. The van der Waals surface area contributed by atoms with Gasteiger partial charge in [0.25, 0.3) is 0 Å².